The highest BCUT2D eigenvalue weighted by atomic mass is 15.0. The van der Waals surface area contributed by atoms with Crippen LogP contribution in [0.2, 0.25) is 0 Å². The Hall–Kier alpha value is -1.61. The summed E-state index contributed by atoms with van der Waals surface area (Å²) in [6, 6.07) is 9.36. The van der Waals surface area contributed by atoms with E-state index in [1.165, 1.54) is 35.4 Å². The lowest BCUT2D eigenvalue weighted by Gasteiger charge is -2.14. The van der Waals surface area contributed by atoms with E-state index in [1.807, 2.05) is 0 Å². The molecule has 0 unspecified atom stereocenters. The van der Waals surface area contributed by atoms with Crippen molar-refractivity contribution in [3.05, 3.63) is 41.3 Å². The molecule has 2 aliphatic carbocycles. The zero-order valence-electron chi connectivity index (χ0n) is 10.4. The maximum atomic E-state index is 4.77. The number of imidazole rings is 1. The molecule has 92 valence electrons. The van der Waals surface area contributed by atoms with Gasteiger partial charge in [-0.2, -0.15) is 0 Å². The molecular formula is C15H17N3. The van der Waals surface area contributed by atoms with Gasteiger partial charge in [0.25, 0.3) is 0 Å². The molecule has 0 atom stereocenters. The lowest BCUT2D eigenvalue weighted by atomic mass is 9.93. The Balaban J connectivity index is 1.66. The summed E-state index contributed by atoms with van der Waals surface area (Å²) in [5.74, 6) is 1.09. The molecule has 1 fully saturated rings. The predicted octanol–water partition coefficient (Wildman–Crippen LogP) is 2.43. The van der Waals surface area contributed by atoms with E-state index in [2.05, 4.69) is 34.6 Å². The summed E-state index contributed by atoms with van der Waals surface area (Å²) in [5.41, 5.74) is 5.22. The fraction of sp³-hybridized carbons (Fsp3) is 0.400. The molecule has 0 bridgehead atoms. The molecule has 0 aliphatic heterocycles. The number of nitrogens with one attached hydrogen (secondary N) is 2. The van der Waals surface area contributed by atoms with E-state index >= 15 is 0 Å². The van der Waals surface area contributed by atoms with Crippen LogP contribution in [0.25, 0.3) is 11.3 Å². The van der Waals surface area contributed by atoms with Gasteiger partial charge in [0.2, 0.25) is 0 Å². The van der Waals surface area contributed by atoms with Gasteiger partial charge in [0.15, 0.2) is 0 Å². The second-order valence-electron chi connectivity index (χ2n) is 5.32. The highest BCUT2D eigenvalue weighted by Crippen LogP contribution is 2.31. The quantitative estimate of drug-likeness (QED) is 0.863. The van der Waals surface area contributed by atoms with Crippen LogP contribution in [0.15, 0.2) is 24.3 Å². The third-order valence-electron chi connectivity index (χ3n) is 3.88. The van der Waals surface area contributed by atoms with E-state index in [9.17, 15) is 0 Å². The van der Waals surface area contributed by atoms with Crippen molar-refractivity contribution in [1.29, 1.82) is 0 Å². The molecule has 1 aromatic heterocycles. The SMILES string of the molecule is c1ccc2c(c1)CCc1[nH]c(CNC3CC3)nc1-2. The van der Waals surface area contributed by atoms with Crippen molar-refractivity contribution in [3.8, 4) is 11.3 Å². The molecule has 2 aromatic rings. The second kappa shape index (κ2) is 3.95. The summed E-state index contributed by atoms with van der Waals surface area (Å²) in [5, 5.41) is 3.51. The molecule has 0 spiro atoms. The van der Waals surface area contributed by atoms with Gasteiger partial charge < -0.3 is 10.3 Å². The number of aromatic nitrogens is 2. The van der Waals surface area contributed by atoms with E-state index in [-0.39, 0.29) is 0 Å². The van der Waals surface area contributed by atoms with Gasteiger partial charge in [-0.05, 0) is 31.2 Å². The number of nitrogens with zero attached hydrogens (tertiary/aromatic N) is 1. The summed E-state index contributed by atoms with van der Waals surface area (Å²) >= 11 is 0. The number of aromatic amines is 1. The van der Waals surface area contributed by atoms with Crippen LogP contribution in [0.4, 0.5) is 0 Å². The lowest BCUT2D eigenvalue weighted by Crippen LogP contribution is -2.16. The van der Waals surface area contributed by atoms with E-state index in [1.54, 1.807) is 0 Å². The maximum absolute atomic E-state index is 4.77. The first-order valence-corrected chi connectivity index (χ1v) is 6.79. The number of hydrogen-bond donors (Lipinski definition) is 2. The minimum absolute atomic E-state index is 0.736. The van der Waals surface area contributed by atoms with Crippen molar-refractivity contribution in [2.24, 2.45) is 0 Å². The van der Waals surface area contributed by atoms with Gasteiger partial charge in [0.05, 0.1) is 12.2 Å². The van der Waals surface area contributed by atoms with E-state index in [0.29, 0.717) is 0 Å². The molecule has 4 rings (SSSR count). The first kappa shape index (κ1) is 10.3. The summed E-state index contributed by atoms with van der Waals surface area (Å²) in [7, 11) is 0. The number of fused-ring (bicyclic) bond motifs is 3. The van der Waals surface area contributed by atoms with Crippen molar-refractivity contribution in [3.63, 3.8) is 0 Å². The average Bonchev–Trinajstić information content (AvgIpc) is 3.14. The van der Waals surface area contributed by atoms with Crippen molar-refractivity contribution in [1.82, 2.24) is 15.3 Å². The fourth-order valence-electron chi connectivity index (χ4n) is 2.71. The molecule has 1 aromatic carbocycles. The van der Waals surface area contributed by atoms with Crippen LogP contribution < -0.4 is 5.32 Å². The number of benzene rings is 1. The monoisotopic (exact) mass is 239 g/mol. The van der Waals surface area contributed by atoms with Gasteiger partial charge in [-0.15, -0.1) is 0 Å². The van der Waals surface area contributed by atoms with Crippen molar-refractivity contribution in [2.75, 3.05) is 0 Å². The largest absolute Gasteiger partial charge is 0.344 e. The smallest absolute Gasteiger partial charge is 0.121 e. The summed E-state index contributed by atoms with van der Waals surface area (Å²) < 4.78 is 0. The molecule has 3 nitrogen and oxygen atoms in total. The topological polar surface area (TPSA) is 40.7 Å². The van der Waals surface area contributed by atoms with Gasteiger partial charge in [0, 0.05) is 17.3 Å². The Morgan fingerprint density at radius 2 is 2.11 bits per heavy atom. The van der Waals surface area contributed by atoms with Crippen molar-refractivity contribution in [2.45, 2.75) is 38.3 Å². The predicted molar refractivity (Wildman–Crippen MR) is 71.3 cm³/mol. The fourth-order valence-corrected chi connectivity index (χ4v) is 2.71. The minimum Gasteiger partial charge on any atom is -0.344 e. The molecule has 0 saturated heterocycles. The number of aryl methyl sites for hydroxylation is 2. The Kier molecular flexibility index (Phi) is 2.27. The summed E-state index contributed by atoms with van der Waals surface area (Å²) in [6.07, 6.45) is 4.86. The Bertz CT molecular complexity index is 581. The standard InChI is InChI=1S/C15H17N3/c1-2-4-12-10(3-1)5-8-13-15(12)18-14(17-13)9-16-11-6-7-11/h1-4,11,16H,5-9H2,(H,17,18). The molecule has 3 heteroatoms. The highest BCUT2D eigenvalue weighted by molar-refractivity contribution is 5.68. The maximum Gasteiger partial charge on any atom is 0.121 e. The molecule has 2 aliphatic rings. The third kappa shape index (κ3) is 1.75. The van der Waals surface area contributed by atoms with Crippen LogP contribution >= 0.6 is 0 Å². The molecule has 0 radical (unpaired) electrons. The molecule has 2 N–H and O–H groups in total. The first-order chi connectivity index (χ1) is 8.90. The van der Waals surface area contributed by atoms with Gasteiger partial charge in [0.1, 0.15) is 5.82 Å². The molecule has 0 amide bonds. The first-order valence-electron chi connectivity index (χ1n) is 6.79. The normalized spacial score (nSPS) is 17.3. The van der Waals surface area contributed by atoms with E-state index in [4.69, 9.17) is 4.98 Å². The van der Waals surface area contributed by atoms with Gasteiger partial charge in [-0.25, -0.2) is 4.98 Å². The van der Waals surface area contributed by atoms with Crippen LogP contribution in [0.1, 0.15) is 29.9 Å². The van der Waals surface area contributed by atoms with Crippen LogP contribution in [0.3, 0.4) is 0 Å². The number of hydrogen-bond acceptors (Lipinski definition) is 2. The van der Waals surface area contributed by atoms with E-state index < -0.39 is 0 Å². The Labute approximate surface area is 107 Å². The average molecular weight is 239 g/mol. The number of rotatable bonds is 3. The van der Waals surface area contributed by atoms with Crippen LogP contribution in [0, 0.1) is 0 Å². The van der Waals surface area contributed by atoms with Gasteiger partial charge in [-0.3, -0.25) is 0 Å². The zero-order chi connectivity index (χ0) is 11.9. The van der Waals surface area contributed by atoms with Crippen molar-refractivity contribution < 1.29 is 0 Å². The van der Waals surface area contributed by atoms with Crippen molar-refractivity contribution >= 4 is 0 Å². The zero-order valence-corrected chi connectivity index (χ0v) is 10.4. The number of H-pyrrole nitrogens is 1. The summed E-state index contributed by atoms with van der Waals surface area (Å²) in [6.45, 7) is 0.875. The Morgan fingerprint density at radius 3 is 3.00 bits per heavy atom. The molecule has 18 heavy (non-hydrogen) atoms. The highest BCUT2D eigenvalue weighted by Gasteiger charge is 2.22. The van der Waals surface area contributed by atoms with Crippen LogP contribution in [-0.2, 0) is 19.4 Å². The van der Waals surface area contributed by atoms with E-state index in [0.717, 1.165) is 31.3 Å². The second-order valence-corrected chi connectivity index (χ2v) is 5.32. The minimum atomic E-state index is 0.736. The molecule has 1 saturated carbocycles. The van der Waals surface area contributed by atoms with Crippen LogP contribution in [-0.4, -0.2) is 16.0 Å². The summed E-state index contributed by atoms with van der Waals surface area (Å²) in [4.78, 5) is 8.26. The van der Waals surface area contributed by atoms with Gasteiger partial charge in [-0.1, -0.05) is 24.3 Å². The molecular weight excluding hydrogens is 222 g/mol. The molecule has 1 heterocycles. The van der Waals surface area contributed by atoms with Crippen LogP contribution in [0.5, 0.6) is 0 Å². The van der Waals surface area contributed by atoms with Gasteiger partial charge >= 0.3 is 0 Å². The third-order valence-corrected chi connectivity index (χ3v) is 3.88. The lowest BCUT2D eigenvalue weighted by molar-refractivity contribution is 0.662. The Morgan fingerprint density at radius 1 is 1.22 bits per heavy atom.